The van der Waals surface area contributed by atoms with E-state index in [1.807, 2.05) is 13.8 Å². The average Bonchev–Trinajstić information content (AvgIpc) is 2.31. The third-order valence-electron chi connectivity index (χ3n) is 3.37. The molecule has 0 aliphatic carbocycles. The van der Waals surface area contributed by atoms with Gasteiger partial charge in [-0.1, -0.05) is 20.8 Å². The molecule has 2 N–H and O–H groups in total. The van der Waals surface area contributed by atoms with Crippen LogP contribution < -0.4 is 5.32 Å². The molecule has 0 bridgehead atoms. The van der Waals surface area contributed by atoms with Gasteiger partial charge < -0.3 is 10.4 Å². The SMILES string of the molecule is CCN(CCCNCC(C)(CC)CO)S(C)(=O)=O. The van der Waals surface area contributed by atoms with Crippen molar-refractivity contribution in [1.29, 1.82) is 0 Å². The van der Waals surface area contributed by atoms with Crippen LogP contribution in [0.1, 0.15) is 33.6 Å². The minimum absolute atomic E-state index is 0.0821. The molecule has 0 saturated carbocycles. The van der Waals surface area contributed by atoms with Crippen molar-refractivity contribution in [2.24, 2.45) is 5.41 Å². The zero-order chi connectivity index (χ0) is 14.2. The molecule has 0 spiro atoms. The number of nitrogens with one attached hydrogen (secondary N) is 1. The largest absolute Gasteiger partial charge is 0.396 e. The van der Waals surface area contributed by atoms with E-state index in [4.69, 9.17) is 0 Å². The highest BCUT2D eigenvalue weighted by atomic mass is 32.2. The molecule has 1 atom stereocenters. The van der Waals surface area contributed by atoms with Crippen LogP contribution in [-0.2, 0) is 10.0 Å². The Hall–Kier alpha value is -0.170. The lowest BCUT2D eigenvalue weighted by molar-refractivity contribution is 0.135. The maximum absolute atomic E-state index is 11.4. The van der Waals surface area contributed by atoms with Gasteiger partial charge in [-0.25, -0.2) is 12.7 Å². The molecule has 1 unspecified atom stereocenters. The van der Waals surface area contributed by atoms with Crippen LogP contribution >= 0.6 is 0 Å². The maximum atomic E-state index is 11.4. The van der Waals surface area contributed by atoms with Gasteiger partial charge in [-0.2, -0.15) is 0 Å². The number of aliphatic hydroxyl groups is 1. The van der Waals surface area contributed by atoms with E-state index < -0.39 is 10.0 Å². The molecule has 18 heavy (non-hydrogen) atoms. The van der Waals surface area contributed by atoms with E-state index in [1.54, 1.807) is 0 Å². The molecule has 6 heteroatoms. The average molecular weight is 280 g/mol. The molecule has 0 amide bonds. The van der Waals surface area contributed by atoms with Crippen LogP contribution in [0, 0.1) is 5.41 Å². The molecule has 0 fully saturated rings. The van der Waals surface area contributed by atoms with Gasteiger partial charge in [0.1, 0.15) is 0 Å². The van der Waals surface area contributed by atoms with Crippen molar-refractivity contribution < 1.29 is 13.5 Å². The van der Waals surface area contributed by atoms with E-state index in [1.165, 1.54) is 10.6 Å². The Bertz CT molecular complexity index is 313. The first-order valence-electron chi connectivity index (χ1n) is 6.55. The fourth-order valence-electron chi connectivity index (χ4n) is 1.62. The van der Waals surface area contributed by atoms with Gasteiger partial charge in [0.25, 0.3) is 0 Å². The van der Waals surface area contributed by atoms with Gasteiger partial charge >= 0.3 is 0 Å². The van der Waals surface area contributed by atoms with Crippen LogP contribution in [-0.4, -0.2) is 56.9 Å². The second kappa shape index (κ2) is 8.09. The van der Waals surface area contributed by atoms with E-state index in [2.05, 4.69) is 12.2 Å². The number of sulfonamides is 1. The van der Waals surface area contributed by atoms with Crippen LogP contribution in [0.25, 0.3) is 0 Å². The van der Waals surface area contributed by atoms with Crippen LogP contribution in [0.4, 0.5) is 0 Å². The van der Waals surface area contributed by atoms with Crippen molar-refractivity contribution in [2.45, 2.75) is 33.6 Å². The Kier molecular flexibility index (Phi) is 8.02. The van der Waals surface area contributed by atoms with Gasteiger partial charge in [0.2, 0.25) is 10.0 Å². The van der Waals surface area contributed by atoms with Crippen LogP contribution in [0.2, 0.25) is 0 Å². The highest BCUT2D eigenvalue weighted by molar-refractivity contribution is 7.88. The zero-order valence-corrected chi connectivity index (χ0v) is 12.9. The van der Waals surface area contributed by atoms with Crippen molar-refractivity contribution in [3.63, 3.8) is 0 Å². The highest BCUT2D eigenvalue weighted by Crippen LogP contribution is 2.18. The second-order valence-corrected chi connectivity index (χ2v) is 7.09. The van der Waals surface area contributed by atoms with Crippen LogP contribution in [0.5, 0.6) is 0 Å². The Balaban J connectivity index is 3.87. The minimum Gasteiger partial charge on any atom is -0.396 e. The van der Waals surface area contributed by atoms with E-state index in [0.717, 1.165) is 25.9 Å². The van der Waals surface area contributed by atoms with Gasteiger partial charge in [-0.15, -0.1) is 0 Å². The summed E-state index contributed by atoms with van der Waals surface area (Å²) in [5.74, 6) is 0. The van der Waals surface area contributed by atoms with Gasteiger partial charge in [0, 0.05) is 31.7 Å². The Morgan fingerprint density at radius 3 is 2.33 bits per heavy atom. The quantitative estimate of drug-likeness (QED) is 0.577. The summed E-state index contributed by atoms with van der Waals surface area (Å²) in [6.45, 7) is 8.68. The fraction of sp³-hybridized carbons (Fsp3) is 1.00. The van der Waals surface area contributed by atoms with Crippen molar-refractivity contribution in [3.8, 4) is 0 Å². The summed E-state index contributed by atoms with van der Waals surface area (Å²) in [6, 6.07) is 0. The Morgan fingerprint density at radius 1 is 1.33 bits per heavy atom. The van der Waals surface area contributed by atoms with E-state index in [9.17, 15) is 13.5 Å². The van der Waals surface area contributed by atoms with E-state index in [-0.39, 0.29) is 12.0 Å². The number of hydrogen-bond donors (Lipinski definition) is 2. The lowest BCUT2D eigenvalue weighted by Crippen LogP contribution is -2.36. The summed E-state index contributed by atoms with van der Waals surface area (Å²) in [5, 5.41) is 12.5. The molecule has 0 aromatic carbocycles. The van der Waals surface area contributed by atoms with Crippen LogP contribution in [0.3, 0.4) is 0 Å². The normalized spacial score (nSPS) is 15.9. The fourth-order valence-corrected chi connectivity index (χ4v) is 2.55. The van der Waals surface area contributed by atoms with Gasteiger partial charge in [-0.3, -0.25) is 0 Å². The number of rotatable bonds is 10. The molecular formula is C12H28N2O3S. The predicted molar refractivity (Wildman–Crippen MR) is 75.1 cm³/mol. The van der Waals surface area contributed by atoms with Crippen LogP contribution in [0.15, 0.2) is 0 Å². The molecule has 110 valence electrons. The standard InChI is InChI=1S/C12H28N2O3S/c1-5-12(3,11-15)10-13-8-7-9-14(6-2)18(4,16)17/h13,15H,5-11H2,1-4H3. The second-order valence-electron chi connectivity index (χ2n) is 5.11. The molecule has 0 rings (SSSR count). The van der Waals surface area contributed by atoms with Gasteiger partial charge in [0.05, 0.1) is 6.26 Å². The molecule has 0 aliphatic rings. The molecule has 0 aromatic heterocycles. The summed E-state index contributed by atoms with van der Waals surface area (Å²) in [4.78, 5) is 0. The number of hydrogen-bond acceptors (Lipinski definition) is 4. The van der Waals surface area contributed by atoms with E-state index in [0.29, 0.717) is 13.1 Å². The summed E-state index contributed by atoms with van der Waals surface area (Å²) < 4.78 is 24.2. The molecule has 5 nitrogen and oxygen atoms in total. The van der Waals surface area contributed by atoms with Gasteiger partial charge in [-0.05, 0) is 19.4 Å². The molecule has 0 radical (unpaired) electrons. The first-order valence-corrected chi connectivity index (χ1v) is 8.40. The lowest BCUT2D eigenvalue weighted by atomic mass is 9.89. The number of aliphatic hydroxyl groups excluding tert-OH is 1. The summed E-state index contributed by atoms with van der Waals surface area (Å²) in [7, 11) is -3.07. The smallest absolute Gasteiger partial charge is 0.211 e. The Morgan fingerprint density at radius 2 is 1.94 bits per heavy atom. The highest BCUT2D eigenvalue weighted by Gasteiger charge is 2.20. The van der Waals surface area contributed by atoms with Gasteiger partial charge in [0.15, 0.2) is 0 Å². The summed E-state index contributed by atoms with van der Waals surface area (Å²) >= 11 is 0. The van der Waals surface area contributed by atoms with Crippen molar-refractivity contribution in [1.82, 2.24) is 9.62 Å². The first-order chi connectivity index (χ1) is 8.29. The molecular weight excluding hydrogens is 252 g/mol. The molecule has 0 heterocycles. The topological polar surface area (TPSA) is 69.6 Å². The van der Waals surface area contributed by atoms with Crippen molar-refractivity contribution >= 4 is 10.0 Å². The summed E-state index contributed by atoms with van der Waals surface area (Å²) in [6.07, 6.45) is 2.94. The molecule has 0 aliphatic heterocycles. The maximum Gasteiger partial charge on any atom is 0.211 e. The summed E-state index contributed by atoms with van der Waals surface area (Å²) in [5.41, 5.74) is -0.0821. The van der Waals surface area contributed by atoms with Crippen molar-refractivity contribution in [3.05, 3.63) is 0 Å². The van der Waals surface area contributed by atoms with Crippen molar-refractivity contribution in [2.75, 3.05) is 39.0 Å². The minimum atomic E-state index is -3.07. The number of nitrogens with zero attached hydrogens (tertiary/aromatic N) is 1. The zero-order valence-electron chi connectivity index (χ0n) is 12.1. The van der Waals surface area contributed by atoms with E-state index >= 15 is 0 Å². The lowest BCUT2D eigenvalue weighted by Gasteiger charge is -2.26. The molecule has 0 saturated heterocycles. The Labute approximate surface area is 112 Å². The molecule has 0 aromatic rings. The first kappa shape index (κ1) is 17.8. The third-order valence-corrected chi connectivity index (χ3v) is 4.75. The predicted octanol–water partition coefficient (Wildman–Crippen LogP) is 0.656. The monoisotopic (exact) mass is 280 g/mol. The third kappa shape index (κ3) is 6.68.